The minimum absolute atomic E-state index is 0.233. The smallest absolute Gasteiger partial charge is 0.304 e. The standard InChI is InChI=1S/C15H22N2O2/c1-12-4-3-5-14(10-12)17-9-8-16(11-13(17)2)7-6-15(18)19/h3-5,10,13H,6-9,11H2,1-2H3,(H,18,19). The van der Waals surface area contributed by atoms with Crippen molar-refractivity contribution in [2.45, 2.75) is 26.3 Å². The summed E-state index contributed by atoms with van der Waals surface area (Å²) >= 11 is 0. The predicted molar refractivity (Wildman–Crippen MR) is 76.7 cm³/mol. The molecule has 0 saturated carbocycles. The maximum Gasteiger partial charge on any atom is 0.304 e. The lowest BCUT2D eigenvalue weighted by molar-refractivity contribution is -0.137. The molecule has 104 valence electrons. The van der Waals surface area contributed by atoms with Gasteiger partial charge in [0, 0.05) is 37.9 Å². The SMILES string of the molecule is Cc1cccc(N2CCN(CCC(=O)O)CC2C)c1. The third-order valence-electron chi connectivity index (χ3n) is 3.69. The van der Waals surface area contributed by atoms with Crippen molar-refractivity contribution >= 4 is 11.7 Å². The second-order valence-electron chi connectivity index (χ2n) is 5.33. The molecule has 0 radical (unpaired) electrons. The topological polar surface area (TPSA) is 43.8 Å². The van der Waals surface area contributed by atoms with E-state index in [1.165, 1.54) is 11.3 Å². The number of nitrogens with zero attached hydrogens (tertiary/aromatic N) is 2. The molecule has 1 aliphatic rings. The van der Waals surface area contributed by atoms with Crippen LogP contribution in [-0.4, -0.2) is 48.2 Å². The van der Waals surface area contributed by atoms with Gasteiger partial charge in [0.2, 0.25) is 0 Å². The molecule has 1 atom stereocenters. The third kappa shape index (κ3) is 3.70. The van der Waals surface area contributed by atoms with Crippen molar-refractivity contribution in [3.63, 3.8) is 0 Å². The molecule has 0 aromatic heterocycles. The molecule has 1 fully saturated rings. The number of hydrogen-bond donors (Lipinski definition) is 1. The van der Waals surface area contributed by atoms with Crippen LogP contribution in [0.1, 0.15) is 18.9 Å². The summed E-state index contributed by atoms with van der Waals surface area (Å²) in [5, 5.41) is 8.73. The molecule has 1 aliphatic heterocycles. The number of aliphatic carboxylic acids is 1. The highest BCUT2D eigenvalue weighted by molar-refractivity contribution is 5.66. The van der Waals surface area contributed by atoms with Gasteiger partial charge in [0.05, 0.1) is 6.42 Å². The van der Waals surface area contributed by atoms with Crippen molar-refractivity contribution in [1.29, 1.82) is 0 Å². The number of carbonyl (C=O) groups is 1. The van der Waals surface area contributed by atoms with Gasteiger partial charge >= 0.3 is 5.97 Å². The van der Waals surface area contributed by atoms with Crippen LogP contribution in [0.3, 0.4) is 0 Å². The van der Waals surface area contributed by atoms with Gasteiger partial charge in [-0.3, -0.25) is 9.69 Å². The van der Waals surface area contributed by atoms with Gasteiger partial charge < -0.3 is 10.0 Å². The molecule has 1 aromatic rings. The van der Waals surface area contributed by atoms with Crippen molar-refractivity contribution in [2.24, 2.45) is 0 Å². The van der Waals surface area contributed by atoms with Crippen LogP contribution in [0.2, 0.25) is 0 Å². The highest BCUT2D eigenvalue weighted by atomic mass is 16.4. The highest BCUT2D eigenvalue weighted by Gasteiger charge is 2.23. The van der Waals surface area contributed by atoms with Crippen molar-refractivity contribution < 1.29 is 9.90 Å². The van der Waals surface area contributed by atoms with E-state index < -0.39 is 5.97 Å². The molecule has 4 nitrogen and oxygen atoms in total. The Kier molecular flexibility index (Phi) is 4.43. The summed E-state index contributed by atoms with van der Waals surface area (Å²) in [4.78, 5) is 15.3. The number of piperazine rings is 1. The third-order valence-corrected chi connectivity index (χ3v) is 3.69. The van der Waals surface area contributed by atoms with Crippen LogP contribution in [0.15, 0.2) is 24.3 Å². The second-order valence-corrected chi connectivity index (χ2v) is 5.33. The average molecular weight is 262 g/mol. The molecule has 4 heteroatoms. The Morgan fingerprint density at radius 2 is 2.21 bits per heavy atom. The number of anilines is 1. The fourth-order valence-electron chi connectivity index (χ4n) is 2.68. The fourth-order valence-corrected chi connectivity index (χ4v) is 2.68. The van der Waals surface area contributed by atoms with Gasteiger partial charge in [-0.15, -0.1) is 0 Å². The van der Waals surface area contributed by atoms with Gasteiger partial charge in [0.1, 0.15) is 0 Å². The van der Waals surface area contributed by atoms with E-state index >= 15 is 0 Å². The first-order valence-electron chi connectivity index (χ1n) is 6.83. The van der Waals surface area contributed by atoms with E-state index in [9.17, 15) is 4.79 Å². The van der Waals surface area contributed by atoms with Gasteiger partial charge in [0.15, 0.2) is 0 Å². The average Bonchev–Trinajstić information content (AvgIpc) is 2.36. The summed E-state index contributed by atoms with van der Waals surface area (Å²) in [6, 6.07) is 8.98. The van der Waals surface area contributed by atoms with Crippen molar-refractivity contribution in [3.05, 3.63) is 29.8 Å². The largest absolute Gasteiger partial charge is 0.481 e. The van der Waals surface area contributed by atoms with Crippen LogP contribution >= 0.6 is 0 Å². The van der Waals surface area contributed by atoms with E-state index in [0.717, 1.165) is 19.6 Å². The maximum atomic E-state index is 10.6. The van der Waals surface area contributed by atoms with Crippen LogP contribution in [0.25, 0.3) is 0 Å². The number of hydrogen-bond acceptors (Lipinski definition) is 3. The predicted octanol–water partition coefficient (Wildman–Crippen LogP) is 1.98. The molecule has 0 amide bonds. The summed E-state index contributed by atoms with van der Waals surface area (Å²) in [6.07, 6.45) is 0.233. The number of benzene rings is 1. The van der Waals surface area contributed by atoms with Gasteiger partial charge in [0.25, 0.3) is 0 Å². The molecule has 1 unspecified atom stereocenters. The molecule has 0 aliphatic carbocycles. The summed E-state index contributed by atoms with van der Waals surface area (Å²) in [5.74, 6) is -0.714. The Balaban J connectivity index is 1.95. The normalized spacial score (nSPS) is 20.5. The van der Waals surface area contributed by atoms with Gasteiger partial charge in [-0.1, -0.05) is 12.1 Å². The Morgan fingerprint density at radius 1 is 1.42 bits per heavy atom. The quantitative estimate of drug-likeness (QED) is 0.901. The van der Waals surface area contributed by atoms with Crippen molar-refractivity contribution in [3.8, 4) is 0 Å². The summed E-state index contributed by atoms with van der Waals surface area (Å²) in [5.41, 5.74) is 2.54. The minimum Gasteiger partial charge on any atom is -0.481 e. The first-order chi connectivity index (χ1) is 9.06. The number of carboxylic acid groups (broad SMARTS) is 1. The molecule has 0 bridgehead atoms. The van der Waals surface area contributed by atoms with Crippen LogP contribution < -0.4 is 4.90 Å². The Bertz CT molecular complexity index is 448. The lowest BCUT2D eigenvalue weighted by Gasteiger charge is -2.41. The van der Waals surface area contributed by atoms with Gasteiger partial charge in [-0.2, -0.15) is 0 Å². The summed E-state index contributed by atoms with van der Waals surface area (Å²) in [7, 11) is 0. The summed E-state index contributed by atoms with van der Waals surface area (Å²) < 4.78 is 0. The number of aryl methyl sites for hydroxylation is 1. The molecule has 2 rings (SSSR count). The first-order valence-corrected chi connectivity index (χ1v) is 6.83. The van der Waals surface area contributed by atoms with Crippen LogP contribution in [0, 0.1) is 6.92 Å². The van der Waals surface area contributed by atoms with E-state index in [1.807, 2.05) is 0 Å². The van der Waals surface area contributed by atoms with E-state index in [1.54, 1.807) is 0 Å². The van der Waals surface area contributed by atoms with E-state index in [0.29, 0.717) is 12.6 Å². The van der Waals surface area contributed by atoms with Crippen LogP contribution in [0.5, 0.6) is 0 Å². The Labute approximate surface area is 114 Å². The molecular weight excluding hydrogens is 240 g/mol. The van der Waals surface area contributed by atoms with Crippen molar-refractivity contribution in [2.75, 3.05) is 31.1 Å². The molecular formula is C15H22N2O2. The number of carboxylic acids is 1. The highest BCUT2D eigenvalue weighted by Crippen LogP contribution is 2.21. The first kappa shape index (κ1) is 13.9. The Hall–Kier alpha value is -1.55. The minimum atomic E-state index is -0.714. The molecule has 1 heterocycles. The second kappa shape index (κ2) is 6.06. The lowest BCUT2D eigenvalue weighted by Crippen LogP contribution is -2.52. The van der Waals surface area contributed by atoms with Gasteiger partial charge in [-0.25, -0.2) is 0 Å². The molecule has 19 heavy (non-hydrogen) atoms. The van der Waals surface area contributed by atoms with E-state index in [-0.39, 0.29) is 6.42 Å². The zero-order chi connectivity index (χ0) is 13.8. The molecule has 1 aromatic carbocycles. The monoisotopic (exact) mass is 262 g/mol. The number of rotatable bonds is 4. The molecule has 1 saturated heterocycles. The van der Waals surface area contributed by atoms with Crippen molar-refractivity contribution in [1.82, 2.24) is 4.90 Å². The van der Waals surface area contributed by atoms with Crippen LogP contribution in [-0.2, 0) is 4.79 Å². The van der Waals surface area contributed by atoms with Crippen LogP contribution in [0.4, 0.5) is 5.69 Å². The lowest BCUT2D eigenvalue weighted by atomic mass is 10.1. The Morgan fingerprint density at radius 3 is 2.84 bits per heavy atom. The maximum absolute atomic E-state index is 10.6. The zero-order valence-corrected chi connectivity index (χ0v) is 11.7. The molecule has 1 N–H and O–H groups in total. The van der Waals surface area contributed by atoms with E-state index in [2.05, 4.69) is 47.9 Å². The summed E-state index contributed by atoms with van der Waals surface area (Å²) in [6.45, 7) is 7.80. The molecule has 0 spiro atoms. The zero-order valence-electron chi connectivity index (χ0n) is 11.7. The van der Waals surface area contributed by atoms with E-state index in [4.69, 9.17) is 5.11 Å². The van der Waals surface area contributed by atoms with Gasteiger partial charge in [-0.05, 0) is 31.5 Å². The fraction of sp³-hybridized carbons (Fsp3) is 0.533.